The van der Waals surface area contributed by atoms with Crippen LogP contribution in [0.5, 0.6) is 0 Å². The fourth-order valence-electron chi connectivity index (χ4n) is 3.17. The second-order valence-corrected chi connectivity index (χ2v) is 7.97. The van der Waals surface area contributed by atoms with Crippen molar-refractivity contribution in [1.29, 1.82) is 0 Å². The summed E-state index contributed by atoms with van der Waals surface area (Å²) in [5, 5.41) is 0. The average Bonchev–Trinajstić information content (AvgIpc) is 3.05. The number of benzene rings is 2. The van der Waals surface area contributed by atoms with E-state index in [-0.39, 0.29) is 43.9 Å². The van der Waals surface area contributed by atoms with E-state index >= 15 is 0 Å². The number of nitrogens with zero attached hydrogens (tertiary/aromatic N) is 1. The first-order valence-corrected chi connectivity index (χ1v) is 9.18. The van der Waals surface area contributed by atoms with Crippen LogP contribution in [0.25, 0.3) is 0 Å². The van der Waals surface area contributed by atoms with Crippen LogP contribution in [0.1, 0.15) is 11.5 Å². The van der Waals surface area contributed by atoms with Crippen LogP contribution in [0.3, 0.4) is 0 Å². The van der Waals surface area contributed by atoms with Crippen molar-refractivity contribution >= 4 is 22.4 Å². The van der Waals surface area contributed by atoms with Gasteiger partial charge in [0.1, 0.15) is 0 Å². The van der Waals surface area contributed by atoms with E-state index in [9.17, 15) is 21.6 Å². The maximum atomic E-state index is 13.4. The zero-order valence-electron chi connectivity index (χ0n) is 13.6. The summed E-state index contributed by atoms with van der Waals surface area (Å²) in [7, 11) is -4.15. The standard InChI is InChI=1S/C17H17F3N2O2S.ClH/c18-15-6-13(7-16(19)17(15)20)25(23,24)22-9-12(8-21)14(10-22)11-4-2-1-3-5-11;/h1-7,12,14H,8-10,21H2;1H/t12-,14+;/m1./s1. The van der Waals surface area contributed by atoms with Gasteiger partial charge in [-0.05, 0) is 30.2 Å². The van der Waals surface area contributed by atoms with Crippen LogP contribution in [0.15, 0.2) is 47.4 Å². The Bertz CT molecular complexity index is 858. The first-order chi connectivity index (χ1) is 11.8. The average molecular weight is 407 g/mol. The van der Waals surface area contributed by atoms with Crippen molar-refractivity contribution in [2.24, 2.45) is 11.7 Å². The lowest BCUT2D eigenvalue weighted by molar-refractivity contribution is 0.435. The van der Waals surface area contributed by atoms with Crippen molar-refractivity contribution in [3.05, 3.63) is 65.5 Å². The van der Waals surface area contributed by atoms with Crippen molar-refractivity contribution in [2.75, 3.05) is 19.6 Å². The Labute approximate surface area is 156 Å². The van der Waals surface area contributed by atoms with Crippen LogP contribution in [-0.2, 0) is 10.0 Å². The molecule has 2 atom stereocenters. The van der Waals surface area contributed by atoms with Crippen molar-refractivity contribution in [2.45, 2.75) is 10.8 Å². The lowest BCUT2D eigenvalue weighted by Crippen LogP contribution is -2.30. The molecule has 2 aromatic carbocycles. The summed E-state index contributed by atoms with van der Waals surface area (Å²) >= 11 is 0. The van der Waals surface area contributed by atoms with E-state index in [0.29, 0.717) is 12.1 Å². The molecule has 0 bridgehead atoms. The molecule has 142 valence electrons. The molecule has 0 spiro atoms. The summed E-state index contributed by atoms with van der Waals surface area (Å²) < 4.78 is 66.5. The van der Waals surface area contributed by atoms with E-state index < -0.39 is 32.4 Å². The molecule has 1 fully saturated rings. The normalized spacial score (nSPS) is 20.8. The summed E-state index contributed by atoms with van der Waals surface area (Å²) in [4.78, 5) is -0.603. The minimum Gasteiger partial charge on any atom is -0.330 e. The molecule has 0 radical (unpaired) electrons. The lowest BCUT2D eigenvalue weighted by atomic mass is 9.89. The van der Waals surface area contributed by atoms with Crippen LogP contribution in [0.2, 0.25) is 0 Å². The smallest absolute Gasteiger partial charge is 0.243 e. The van der Waals surface area contributed by atoms with Gasteiger partial charge >= 0.3 is 0 Å². The minimum absolute atomic E-state index is 0. The molecule has 3 rings (SSSR count). The molecule has 0 saturated carbocycles. The van der Waals surface area contributed by atoms with Crippen LogP contribution in [-0.4, -0.2) is 32.4 Å². The van der Waals surface area contributed by atoms with E-state index in [1.165, 1.54) is 0 Å². The van der Waals surface area contributed by atoms with Gasteiger partial charge in [0.25, 0.3) is 0 Å². The van der Waals surface area contributed by atoms with E-state index in [2.05, 4.69) is 0 Å². The highest BCUT2D eigenvalue weighted by Gasteiger charge is 2.39. The zero-order valence-corrected chi connectivity index (χ0v) is 15.2. The SMILES string of the molecule is Cl.NC[C@@H]1CN(S(=O)(=O)c2cc(F)c(F)c(F)c2)C[C@H]1c1ccccc1. The van der Waals surface area contributed by atoms with E-state index in [1.54, 1.807) is 0 Å². The van der Waals surface area contributed by atoms with Crippen LogP contribution in [0.4, 0.5) is 13.2 Å². The Morgan fingerprint density at radius 3 is 2.15 bits per heavy atom. The van der Waals surface area contributed by atoms with E-state index in [1.807, 2.05) is 30.3 Å². The maximum absolute atomic E-state index is 13.4. The van der Waals surface area contributed by atoms with Gasteiger partial charge in [0.2, 0.25) is 10.0 Å². The lowest BCUT2D eigenvalue weighted by Gasteiger charge is -2.17. The van der Waals surface area contributed by atoms with Gasteiger partial charge in [-0.3, -0.25) is 0 Å². The van der Waals surface area contributed by atoms with Crippen LogP contribution < -0.4 is 5.73 Å². The Balaban J connectivity index is 0.00000243. The molecule has 2 N–H and O–H groups in total. The monoisotopic (exact) mass is 406 g/mol. The van der Waals surface area contributed by atoms with Crippen molar-refractivity contribution < 1.29 is 21.6 Å². The van der Waals surface area contributed by atoms with Crippen LogP contribution in [0, 0.1) is 23.4 Å². The van der Waals surface area contributed by atoms with Gasteiger partial charge in [0, 0.05) is 19.0 Å². The molecule has 9 heteroatoms. The third-order valence-electron chi connectivity index (χ3n) is 4.53. The zero-order chi connectivity index (χ0) is 18.2. The molecule has 1 saturated heterocycles. The Morgan fingerprint density at radius 2 is 1.62 bits per heavy atom. The number of sulfonamides is 1. The molecule has 26 heavy (non-hydrogen) atoms. The first kappa shape index (κ1) is 20.7. The highest BCUT2D eigenvalue weighted by atomic mass is 35.5. The predicted molar refractivity (Wildman–Crippen MR) is 94.1 cm³/mol. The molecule has 1 heterocycles. The highest BCUT2D eigenvalue weighted by molar-refractivity contribution is 7.89. The van der Waals surface area contributed by atoms with Gasteiger partial charge in [-0.1, -0.05) is 30.3 Å². The van der Waals surface area contributed by atoms with Gasteiger partial charge in [-0.25, -0.2) is 21.6 Å². The van der Waals surface area contributed by atoms with Gasteiger partial charge in [0.05, 0.1) is 4.90 Å². The number of nitrogens with two attached hydrogens (primary N) is 1. The first-order valence-electron chi connectivity index (χ1n) is 7.74. The molecule has 4 nitrogen and oxygen atoms in total. The van der Waals surface area contributed by atoms with Gasteiger partial charge in [-0.15, -0.1) is 12.4 Å². The Morgan fingerprint density at radius 1 is 1.04 bits per heavy atom. The number of rotatable bonds is 4. The van der Waals surface area contributed by atoms with Crippen molar-refractivity contribution in [1.82, 2.24) is 4.31 Å². The second kappa shape index (κ2) is 7.96. The molecular formula is C17H18ClF3N2O2S. The summed E-state index contributed by atoms with van der Waals surface area (Å²) in [6.07, 6.45) is 0. The van der Waals surface area contributed by atoms with E-state index in [0.717, 1.165) is 9.87 Å². The molecule has 1 aliphatic heterocycles. The van der Waals surface area contributed by atoms with Crippen molar-refractivity contribution in [3.63, 3.8) is 0 Å². The maximum Gasteiger partial charge on any atom is 0.243 e. The molecule has 0 unspecified atom stereocenters. The largest absolute Gasteiger partial charge is 0.330 e. The van der Waals surface area contributed by atoms with Crippen molar-refractivity contribution in [3.8, 4) is 0 Å². The second-order valence-electron chi connectivity index (χ2n) is 6.04. The highest BCUT2D eigenvalue weighted by Crippen LogP contribution is 2.35. The van der Waals surface area contributed by atoms with Crippen LogP contribution >= 0.6 is 12.4 Å². The molecule has 0 aliphatic carbocycles. The van der Waals surface area contributed by atoms with E-state index in [4.69, 9.17) is 5.73 Å². The fraction of sp³-hybridized carbons (Fsp3) is 0.294. The predicted octanol–water partition coefficient (Wildman–Crippen LogP) is 2.89. The number of halogens is 4. The third kappa shape index (κ3) is 3.73. The summed E-state index contributed by atoms with van der Waals surface area (Å²) in [5.74, 6) is -4.99. The minimum atomic E-state index is -4.15. The summed E-state index contributed by atoms with van der Waals surface area (Å²) in [6, 6.07) is 10.3. The fourth-order valence-corrected chi connectivity index (χ4v) is 4.72. The Hall–Kier alpha value is -1.61. The quantitative estimate of drug-likeness (QED) is 0.794. The Kier molecular flexibility index (Phi) is 6.33. The van der Waals surface area contributed by atoms with Gasteiger partial charge in [-0.2, -0.15) is 4.31 Å². The molecule has 1 aliphatic rings. The van der Waals surface area contributed by atoms with Gasteiger partial charge in [0.15, 0.2) is 17.5 Å². The molecule has 0 amide bonds. The summed E-state index contributed by atoms with van der Waals surface area (Å²) in [6.45, 7) is 0.561. The third-order valence-corrected chi connectivity index (χ3v) is 6.34. The number of hydrogen-bond acceptors (Lipinski definition) is 3. The molecular weight excluding hydrogens is 389 g/mol. The molecule has 2 aromatic rings. The van der Waals surface area contributed by atoms with Gasteiger partial charge < -0.3 is 5.73 Å². The molecule has 0 aromatic heterocycles. The number of hydrogen-bond donors (Lipinski definition) is 1. The summed E-state index contributed by atoms with van der Waals surface area (Å²) in [5.41, 5.74) is 6.73. The topological polar surface area (TPSA) is 63.4 Å².